The number of aryl methyl sites for hydroxylation is 1. The molecule has 2 rings (SSSR count). The molecular formula is C27H43NO2Si3. The second-order valence-electron chi connectivity index (χ2n) is 10.8. The third-order valence-electron chi connectivity index (χ3n) is 5.99. The number of nitriles is 1. The van der Waals surface area contributed by atoms with Crippen LogP contribution in [0.2, 0.25) is 51.4 Å². The maximum atomic E-state index is 8.98. The van der Waals surface area contributed by atoms with Crippen molar-refractivity contribution in [3.05, 3.63) is 59.7 Å². The van der Waals surface area contributed by atoms with Gasteiger partial charge in [-0.15, -0.1) is 0 Å². The molecule has 0 aromatic heterocycles. The standard InChI is InChI=1S/C27H43NO2Si3/c1-8-9-10-11-21-31(2,3)29-33(6,7)30-32(4,5)22-20-24-12-16-26(17-13-24)27-18-14-25(23-28)15-19-27/h12-19H,8-11,20-22H2,1-7H3. The van der Waals surface area contributed by atoms with Crippen LogP contribution in [0.25, 0.3) is 11.1 Å². The van der Waals surface area contributed by atoms with E-state index in [2.05, 4.69) is 76.5 Å². The molecule has 0 unspecified atom stereocenters. The molecule has 0 aliphatic heterocycles. The summed E-state index contributed by atoms with van der Waals surface area (Å²) >= 11 is 0. The lowest BCUT2D eigenvalue weighted by Gasteiger charge is -2.39. The molecule has 180 valence electrons. The SMILES string of the molecule is CCCCCC[Si](C)(C)O[Si](C)(C)O[Si](C)(C)CCc1ccc(-c2ccc(C#N)cc2)cc1. The quantitative estimate of drug-likeness (QED) is 0.206. The minimum absolute atomic E-state index is 0.695. The van der Waals surface area contributed by atoms with Gasteiger partial charge >= 0.3 is 8.56 Å². The Bertz CT molecular complexity index is 900. The summed E-state index contributed by atoms with van der Waals surface area (Å²) in [4.78, 5) is 0. The van der Waals surface area contributed by atoms with Crippen molar-refractivity contribution >= 4 is 25.2 Å². The van der Waals surface area contributed by atoms with Crippen molar-refractivity contribution in [2.75, 3.05) is 0 Å². The van der Waals surface area contributed by atoms with Crippen LogP contribution in [0.4, 0.5) is 0 Å². The van der Waals surface area contributed by atoms with Crippen LogP contribution < -0.4 is 0 Å². The average molecular weight is 498 g/mol. The first kappa shape index (κ1) is 27.7. The molecule has 0 fully saturated rings. The van der Waals surface area contributed by atoms with E-state index in [-0.39, 0.29) is 0 Å². The molecule has 0 atom stereocenters. The first-order chi connectivity index (χ1) is 15.5. The lowest BCUT2D eigenvalue weighted by atomic mass is 10.0. The largest absolute Gasteiger partial charge is 0.437 e. The molecular weight excluding hydrogens is 455 g/mol. The van der Waals surface area contributed by atoms with Crippen LogP contribution in [0.3, 0.4) is 0 Å². The molecule has 0 saturated carbocycles. The van der Waals surface area contributed by atoms with E-state index in [0.717, 1.165) is 18.0 Å². The summed E-state index contributed by atoms with van der Waals surface area (Å²) in [7, 11) is -5.65. The van der Waals surface area contributed by atoms with Crippen molar-refractivity contribution in [2.24, 2.45) is 0 Å². The summed E-state index contributed by atoms with van der Waals surface area (Å²) in [5, 5.41) is 8.98. The van der Waals surface area contributed by atoms with E-state index in [9.17, 15) is 0 Å². The number of hydrogen-bond acceptors (Lipinski definition) is 3. The van der Waals surface area contributed by atoms with Crippen LogP contribution in [0, 0.1) is 11.3 Å². The molecule has 6 heteroatoms. The van der Waals surface area contributed by atoms with Gasteiger partial charge in [0.1, 0.15) is 0 Å². The maximum absolute atomic E-state index is 8.98. The molecule has 0 saturated heterocycles. The molecule has 0 spiro atoms. The molecule has 0 radical (unpaired) electrons. The molecule has 0 N–H and O–H groups in total. The van der Waals surface area contributed by atoms with Gasteiger partial charge in [0.05, 0.1) is 11.6 Å². The average Bonchev–Trinajstić information content (AvgIpc) is 2.74. The Labute approximate surface area is 205 Å². The molecule has 3 nitrogen and oxygen atoms in total. The molecule has 0 amide bonds. The number of rotatable bonds is 13. The van der Waals surface area contributed by atoms with Gasteiger partial charge in [0.25, 0.3) is 0 Å². The van der Waals surface area contributed by atoms with Crippen LogP contribution in [0.1, 0.15) is 43.7 Å². The van der Waals surface area contributed by atoms with E-state index in [0.29, 0.717) is 5.56 Å². The number of unbranched alkanes of at least 4 members (excludes halogenated alkanes) is 3. The second kappa shape index (κ2) is 12.3. The molecule has 33 heavy (non-hydrogen) atoms. The Hall–Kier alpha value is -1.50. The van der Waals surface area contributed by atoms with Gasteiger partial charge in [0.15, 0.2) is 16.6 Å². The fourth-order valence-electron chi connectivity index (χ4n) is 4.48. The minimum Gasteiger partial charge on any atom is -0.437 e. The highest BCUT2D eigenvalue weighted by Crippen LogP contribution is 2.27. The highest BCUT2D eigenvalue weighted by molar-refractivity contribution is 6.87. The van der Waals surface area contributed by atoms with Gasteiger partial charge in [0, 0.05) is 0 Å². The summed E-state index contributed by atoms with van der Waals surface area (Å²) < 4.78 is 13.5. The van der Waals surface area contributed by atoms with Crippen LogP contribution in [0.5, 0.6) is 0 Å². The van der Waals surface area contributed by atoms with Crippen LogP contribution in [-0.4, -0.2) is 25.2 Å². The first-order valence-corrected chi connectivity index (χ1v) is 21.5. The van der Waals surface area contributed by atoms with E-state index < -0.39 is 25.2 Å². The highest BCUT2D eigenvalue weighted by atomic mass is 28.5. The van der Waals surface area contributed by atoms with Crippen molar-refractivity contribution in [3.63, 3.8) is 0 Å². The summed E-state index contributed by atoms with van der Waals surface area (Å²) in [6.45, 7) is 16.2. The zero-order valence-corrected chi connectivity index (χ0v) is 24.8. The van der Waals surface area contributed by atoms with Crippen molar-refractivity contribution in [1.82, 2.24) is 0 Å². The van der Waals surface area contributed by atoms with Gasteiger partial charge in [-0.3, -0.25) is 0 Å². The van der Waals surface area contributed by atoms with Gasteiger partial charge < -0.3 is 8.23 Å². The monoisotopic (exact) mass is 497 g/mol. The number of benzene rings is 2. The highest BCUT2D eigenvalue weighted by Gasteiger charge is 2.39. The van der Waals surface area contributed by atoms with Crippen molar-refractivity contribution in [2.45, 2.75) is 90.4 Å². The van der Waals surface area contributed by atoms with Gasteiger partial charge in [-0.1, -0.05) is 69.0 Å². The lowest BCUT2D eigenvalue weighted by molar-refractivity contribution is 0.387. The van der Waals surface area contributed by atoms with Crippen molar-refractivity contribution in [1.29, 1.82) is 5.26 Å². The van der Waals surface area contributed by atoms with E-state index in [1.807, 2.05) is 24.3 Å². The van der Waals surface area contributed by atoms with Gasteiger partial charge in [-0.2, -0.15) is 5.26 Å². The zero-order chi connectivity index (χ0) is 24.5. The Morgan fingerprint density at radius 2 is 1.21 bits per heavy atom. The topological polar surface area (TPSA) is 42.2 Å². The van der Waals surface area contributed by atoms with E-state index in [1.165, 1.54) is 42.9 Å². The van der Waals surface area contributed by atoms with Crippen LogP contribution >= 0.6 is 0 Å². The van der Waals surface area contributed by atoms with Crippen molar-refractivity contribution in [3.8, 4) is 17.2 Å². The predicted octanol–water partition coefficient (Wildman–Crippen LogP) is 8.49. The molecule has 0 aliphatic carbocycles. The number of nitrogens with zero attached hydrogens (tertiary/aromatic N) is 1. The zero-order valence-electron chi connectivity index (χ0n) is 21.8. The molecule has 0 heterocycles. The minimum atomic E-state index is -2.14. The maximum Gasteiger partial charge on any atom is 0.311 e. The fraction of sp³-hybridized carbons (Fsp3) is 0.519. The Morgan fingerprint density at radius 3 is 1.73 bits per heavy atom. The Morgan fingerprint density at radius 1 is 0.697 bits per heavy atom. The van der Waals surface area contributed by atoms with Gasteiger partial charge in [-0.25, -0.2) is 0 Å². The van der Waals surface area contributed by atoms with Crippen molar-refractivity contribution < 1.29 is 8.23 Å². The predicted molar refractivity (Wildman–Crippen MR) is 149 cm³/mol. The third kappa shape index (κ3) is 10.1. The molecule has 0 aliphatic rings. The number of hydrogen-bond donors (Lipinski definition) is 0. The Balaban J connectivity index is 1.89. The lowest BCUT2D eigenvalue weighted by Crippen LogP contribution is -2.52. The van der Waals surface area contributed by atoms with E-state index in [1.54, 1.807) is 0 Å². The smallest absolute Gasteiger partial charge is 0.311 e. The summed E-state index contributed by atoms with van der Waals surface area (Å²) in [6.07, 6.45) is 6.26. The third-order valence-corrected chi connectivity index (χ3v) is 17.4. The second-order valence-corrected chi connectivity index (χ2v) is 23.3. The first-order valence-electron chi connectivity index (χ1n) is 12.5. The van der Waals surface area contributed by atoms with Crippen LogP contribution in [-0.2, 0) is 14.7 Å². The van der Waals surface area contributed by atoms with E-state index in [4.69, 9.17) is 13.5 Å². The molecule has 0 bridgehead atoms. The summed E-state index contributed by atoms with van der Waals surface area (Å²) in [5.41, 5.74) is 4.37. The van der Waals surface area contributed by atoms with E-state index >= 15 is 0 Å². The van der Waals surface area contributed by atoms with Crippen LogP contribution in [0.15, 0.2) is 48.5 Å². The normalized spacial score (nSPS) is 12.5. The van der Waals surface area contributed by atoms with Gasteiger partial charge in [-0.05, 0) is 86.6 Å². The molecule has 2 aromatic rings. The summed E-state index contributed by atoms with van der Waals surface area (Å²) in [6, 6.07) is 21.1. The molecule has 2 aromatic carbocycles. The van der Waals surface area contributed by atoms with Gasteiger partial charge in [0.2, 0.25) is 0 Å². The fourth-order valence-corrected chi connectivity index (χ4v) is 18.5. The summed E-state index contributed by atoms with van der Waals surface area (Å²) in [5.74, 6) is 0. The Kier molecular flexibility index (Phi) is 10.3.